The molecule has 3 aromatic rings. The van der Waals surface area contributed by atoms with Crippen LogP contribution in [0.25, 0.3) is 5.65 Å². The molecule has 0 saturated heterocycles. The van der Waals surface area contributed by atoms with Crippen molar-refractivity contribution < 1.29 is 19.4 Å². The summed E-state index contributed by atoms with van der Waals surface area (Å²) in [5.74, 6) is 0.766. The van der Waals surface area contributed by atoms with Gasteiger partial charge in [-0.2, -0.15) is 9.61 Å². The highest BCUT2D eigenvalue weighted by Gasteiger charge is 2.32. The Morgan fingerprint density at radius 2 is 1.88 bits per heavy atom. The van der Waals surface area contributed by atoms with Crippen molar-refractivity contribution in [2.75, 3.05) is 17.3 Å². The number of anilines is 3. The number of hydrogen-bond acceptors (Lipinski definition) is 8. The minimum atomic E-state index is -0.733. The standard InChI is InChI=1S/C29H39N7O5/c1-17-8-10-18(11-9-17)35-14-6-7-21(27(35)39)31-23-15-24(34(5)28(40)41-29(2,3)4)36-25(33-23)19(16-30-36)26(38)32-20-12-13-22(20)37/h6-7,14-18,20,22,37H,8-13H2,1-5H3,(H,31,33)(H,32,38). The Bertz CT molecular complexity index is 1500. The van der Waals surface area contributed by atoms with Crippen LogP contribution in [-0.4, -0.2) is 61.1 Å². The first-order valence-electron chi connectivity index (χ1n) is 14.2. The fourth-order valence-corrected chi connectivity index (χ4v) is 5.28. The van der Waals surface area contributed by atoms with Gasteiger partial charge in [0, 0.05) is 25.4 Å². The van der Waals surface area contributed by atoms with Crippen molar-refractivity contribution in [1.82, 2.24) is 24.5 Å². The number of aliphatic hydroxyl groups is 1. The van der Waals surface area contributed by atoms with Gasteiger partial charge in [0.2, 0.25) is 0 Å². The van der Waals surface area contributed by atoms with E-state index in [1.807, 2.05) is 12.3 Å². The predicted octanol–water partition coefficient (Wildman–Crippen LogP) is 4.01. The summed E-state index contributed by atoms with van der Waals surface area (Å²) in [6, 6.07) is 4.90. The molecule has 12 nitrogen and oxygen atoms in total. The molecule has 2 aliphatic rings. The summed E-state index contributed by atoms with van der Waals surface area (Å²) in [6.45, 7) is 7.55. The lowest BCUT2D eigenvalue weighted by Crippen LogP contribution is -2.50. The van der Waals surface area contributed by atoms with Gasteiger partial charge in [0.15, 0.2) is 5.65 Å². The Morgan fingerprint density at radius 1 is 1.15 bits per heavy atom. The van der Waals surface area contributed by atoms with E-state index >= 15 is 0 Å². The van der Waals surface area contributed by atoms with Crippen LogP contribution in [0, 0.1) is 5.92 Å². The molecule has 2 fully saturated rings. The lowest BCUT2D eigenvalue weighted by molar-refractivity contribution is 0.0448. The van der Waals surface area contributed by atoms with Gasteiger partial charge in [-0.05, 0) is 77.3 Å². The number of nitrogens with one attached hydrogen (secondary N) is 2. The van der Waals surface area contributed by atoms with Crippen LogP contribution in [0.15, 0.2) is 35.4 Å². The molecule has 2 saturated carbocycles. The van der Waals surface area contributed by atoms with Crippen molar-refractivity contribution in [2.45, 2.75) is 90.0 Å². The predicted molar refractivity (Wildman–Crippen MR) is 155 cm³/mol. The molecule has 2 unspecified atom stereocenters. The van der Waals surface area contributed by atoms with Gasteiger partial charge in [-0.3, -0.25) is 14.5 Å². The van der Waals surface area contributed by atoms with Gasteiger partial charge < -0.3 is 25.0 Å². The minimum absolute atomic E-state index is 0.136. The van der Waals surface area contributed by atoms with E-state index in [0.29, 0.717) is 24.4 Å². The lowest BCUT2D eigenvalue weighted by Gasteiger charge is -2.32. The van der Waals surface area contributed by atoms with Gasteiger partial charge in [0.1, 0.15) is 28.5 Å². The van der Waals surface area contributed by atoms with E-state index in [0.717, 1.165) is 25.7 Å². The highest BCUT2D eigenvalue weighted by molar-refractivity contribution is 6.00. The Morgan fingerprint density at radius 3 is 2.51 bits per heavy atom. The topological polar surface area (TPSA) is 143 Å². The number of ether oxygens (including phenoxy) is 1. The van der Waals surface area contributed by atoms with E-state index in [2.05, 4.69) is 27.6 Å². The van der Waals surface area contributed by atoms with Crippen molar-refractivity contribution >= 4 is 35.0 Å². The van der Waals surface area contributed by atoms with Gasteiger partial charge in [-0.1, -0.05) is 6.92 Å². The summed E-state index contributed by atoms with van der Waals surface area (Å²) >= 11 is 0. The number of pyridine rings is 1. The Kier molecular flexibility index (Phi) is 7.78. The Balaban J connectivity index is 1.52. The Labute approximate surface area is 238 Å². The van der Waals surface area contributed by atoms with Crippen LogP contribution in [0.1, 0.15) is 82.6 Å². The van der Waals surface area contributed by atoms with Gasteiger partial charge in [0.05, 0.1) is 18.3 Å². The van der Waals surface area contributed by atoms with E-state index in [1.54, 1.807) is 44.5 Å². The second kappa shape index (κ2) is 11.2. The smallest absolute Gasteiger partial charge is 0.415 e. The third-order valence-corrected chi connectivity index (χ3v) is 7.88. The molecule has 0 aromatic carbocycles. The first-order valence-corrected chi connectivity index (χ1v) is 14.2. The second-order valence-corrected chi connectivity index (χ2v) is 12.2. The molecule has 3 heterocycles. The molecular formula is C29H39N7O5. The largest absolute Gasteiger partial charge is 0.443 e. The highest BCUT2D eigenvalue weighted by Crippen LogP contribution is 2.31. The molecule has 2 atom stereocenters. The molecule has 0 aliphatic heterocycles. The SMILES string of the molecule is CC1CCC(n2cccc(Nc3cc(N(C)C(=O)OC(C)(C)C)n4ncc(C(=O)NC5CCC5O)c4n3)c2=O)CC1. The van der Waals surface area contributed by atoms with Crippen LogP contribution in [0.3, 0.4) is 0 Å². The van der Waals surface area contributed by atoms with Crippen LogP contribution in [-0.2, 0) is 4.74 Å². The first-order chi connectivity index (χ1) is 19.4. The fraction of sp³-hybridized carbons (Fsp3) is 0.552. The van der Waals surface area contributed by atoms with E-state index in [-0.39, 0.29) is 40.5 Å². The van der Waals surface area contributed by atoms with Gasteiger partial charge in [0.25, 0.3) is 11.5 Å². The zero-order valence-electron chi connectivity index (χ0n) is 24.3. The highest BCUT2D eigenvalue weighted by atomic mass is 16.6. The third kappa shape index (κ3) is 6.07. The molecule has 220 valence electrons. The average molecular weight is 566 g/mol. The van der Waals surface area contributed by atoms with Crippen molar-refractivity contribution in [1.29, 1.82) is 0 Å². The number of fused-ring (bicyclic) bond motifs is 1. The quantitative estimate of drug-likeness (QED) is 0.407. The third-order valence-electron chi connectivity index (χ3n) is 7.88. The summed E-state index contributed by atoms with van der Waals surface area (Å²) in [4.78, 5) is 45.6. The number of aromatic nitrogens is 4. The average Bonchev–Trinajstić information content (AvgIpc) is 3.35. The lowest BCUT2D eigenvalue weighted by atomic mass is 9.87. The summed E-state index contributed by atoms with van der Waals surface area (Å²) in [5.41, 5.74) is -0.209. The van der Waals surface area contributed by atoms with E-state index in [1.165, 1.54) is 15.6 Å². The monoisotopic (exact) mass is 565 g/mol. The van der Waals surface area contributed by atoms with Crippen molar-refractivity contribution in [2.24, 2.45) is 5.92 Å². The molecule has 12 heteroatoms. The molecule has 3 aromatic heterocycles. The number of rotatable bonds is 6. The molecule has 5 rings (SSSR count). The summed E-state index contributed by atoms with van der Waals surface area (Å²) in [7, 11) is 1.54. The van der Waals surface area contributed by atoms with Crippen LogP contribution in [0.2, 0.25) is 0 Å². The number of nitrogens with zero attached hydrogens (tertiary/aromatic N) is 5. The zero-order chi connectivity index (χ0) is 29.5. The summed E-state index contributed by atoms with van der Waals surface area (Å²) in [5, 5.41) is 20.2. The number of hydrogen-bond donors (Lipinski definition) is 3. The number of amides is 2. The maximum Gasteiger partial charge on any atom is 0.415 e. The second-order valence-electron chi connectivity index (χ2n) is 12.2. The normalized spacial score (nSPS) is 22.6. The molecule has 0 spiro atoms. The number of carbonyl (C=O) groups excluding carboxylic acids is 2. The number of carbonyl (C=O) groups is 2. The summed E-state index contributed by atoms with van der Waals surface area (Å²) < 4.78 is 8.72. The molecule has 2 aliphatic carbocycles. The van der Waals surface area contributed by atoms with Crippen molar-refractivity contribution in [3.63, 3.8) is 0 Å². The van der Waals surface area contributed by atoms with Crippen LogP contribution in [0.5, 0.6) is 0 Å². The molecule has 0 radical (unpaired) electrons. The minimum Gasteiger partial charge on any atom is -0.443 e. The van der Waals surface area contributed by atoms with E-state index < -0.39 is 23.7 Å². The van der Waals surface area contributed by atoms with Crippen LogP contribution in [0.4, 0.5) is 22.1 Å². The van der Waals surface area contributed by atoms with Gasteiger partial charge >= 0.3 is 6.09 Å². The van der Waals surface area contributed by atoms with Gasteiger partial charge in [-0.25, -0.2) is 9.78 Å². The van der Waals surface area contributed by atoms with E-state index in [4.69, 9.17) is 4.74 Å². The maximum absolute atomic E-state index is 13.5. The molecule has 3 N–H and O–H groups in total. The zero-order valence-corrected chi connectivity index (χ0v) is 24.3. The van der Waals surface area contributed by atoms with Crippen LogP contribution < -0.4 is 21.1 Å². The van der Waals surface area contributed by atoms with Crippen molar-refractivity contribution in [3.8, 4) is 0 Å². The van der Waals surface area contributed by atoms with E-state index in [9.17, 15) is 19.5 Å². The molecule has 2 amide bonds. The fourth-order valence-electron chi connectivity index (χ4n) is 5.28. The Hall–Kier alpha value is -3.93. The number of aliphatic hydroxyl groups excluding tert-OH is 1. The maximum atomic E-state index is 13.5. The molecular weight excluding hydrogens is 526 g/mol. The molecule has 41 heavy (non-hydrogen) atoms. The molecule has 0 bridgehead atoms. The first kappa shape index (κ1) is 28.6. The van der Waals surface area contributed by atoms with Gasteiger partial charge in [-0.15, -0.1) is 0 Å². The summed E-state index contributed by atoms with van der Waals surface area (Å²) in [6.07, 6.45) is 7.35. The van der Waals surface area contributed by atoms with Crippen LogP contribution >= 0.6 is 0 Å². The van der Waals surface area contributed by atoms with Crippen molar-refractivity contribution in [3.05, 3.63) is 46.5 Å².